The molecule has 0 atom stereocenters. The van der Waals surface area contributed by atoms with E-state index in [0.29, 0.717) is 13.2 Å². The summed E-state index contributed by atoms with van der Waals surface area (Å²) >= 11 is 0. The van der Waals surface area contributed by atoms with Gasteiger partial charge in [0.15, 0.2) is 0 Å². The summed E-state index contributed by atoms with van der Waals surface area (Å²) in [5.74, 6) is 5.41. The van der Waals surface area contributed by atoms with E-state index in [0.717, 1.165) is 0 Å². The molecular formula is C14H24O2Si. The van der Waals surface area contributed by atoms with Crippen LogP contribution in [0.3, 0.4) is 0 Å². The fourth-order valence-electron chi connectivity index (χ4n) is 0.833. The number of terminal acetylenes is 2. The highest BCUT2D eigenvalue weighted by Crippen LogP contribution is 2.20. The molecule has 0 aliphatic carbocycles. The quantitative estimate of drug-likeness (QED) is 0.534. The summed E-state index contributed by atoms with van der Waals surface area (Å²) in [6.07, 6.45) is 10.8. The van der Waals surface area contributed by atoms with Gasteiger partial charge in [0.2, 0.25) is 0 Å². The molecule has 0 heterocycles. The minimum Gasteiger partial charge on any atom is -0.393 e. The van der Waals surface area contributed by atoms with Gasteiger partial charge in [-0.15, -0.1) is 12.8 Å². The molecule has 0 saturated carbocycles. The molecule has 17 heavy (non-hydrogen) atoms. The SMILES string of the molecule is C#CC(C)(C)CO[Si](C)(C)OCC(C)(C)C#C. The first-order chi connectivity index (χ1) is 7.54. The van der Waals surface area contributed by atoms with Crippen molar-refractivity contribution in [2.75, 3.05) is 13.2 Å². The first-order valence-corrected chi connectivity index (χ1v) is 8.59. The van der Waals surface area contributed by atoms with Crippen molar-refractivity contribution in [2.45, 2.75) is 40.8 Å². The Labute approximate surface area is 107 Å². The molecule has 3 heteroatoms. The Balaban J connectivity index is 4.24. The van der Waals surface area contributed by atoms with Gasteiger partial charge in [-0.1, -0.05) is 11.8 Å². The van der Waals surface area contributed by atoms with Gasteiger partial charge >= 0.3 is 8.56 Å². The van der Waals surface area contributed by atoms with E-state index < -0.39 is 8.56 Å². The Kier molecular flexibility index (Phi) is 5.48. The predicted molar refractivity (Wildman–Crippen MR) is 74.6 cm³/mol. The third-order valence-corrected chi connectivity index (χ3v) is 4.02. The highest BCUT2D eigenvalue weighted by molar-refractivity contribution is 6.64. The average Bonchev–Trinajstić information content (AvgIpc) is 2.25. The summed E-state index contributed by atoms with van der Waals surface area (Å²) in [5, 5.41) is 0. The van der Waals surface area contributed by atoms with E-state index in [2.05, 4.69) is 11.8 Å². The molecule has 0 N–H and O–H groups in total. The Morgan fingerprint density at radius 3 is 1.41 bits per heavy atom. The van der Waals surface area contributed by atoms with Gasteiger partial charge < -0.3 is 8.85 Å². The van der Waals surface area contributed by atoms with Gasteiger partial charge in [-0.25, -0.2) is 0 Å². The lowest BCUT2D eigenvalue weighted by Gasteiger charge is -2.30. The average molecular weight is 252 g/mol. The predicted octanol–water partition coefficient (Wildman–Crippen LogP) is 3.04. The first kappa shape index (κ1) is 16.3. The van der Waals surface area contributed by atoms with Gasteiger partial charge in [-0.2, -0.15) is 0 Å². The second-order valence-corrected chi connectivity index (χ2v) is 9.41. The summed E-state index contributed by atoms with van der Waals surface area (Å²) < 4.78 is 11.7. The van der Waals surface area contributed by atoms with Crippen LogP contribution in [0.4, 0.5) is 0 Å². The zero-order valence-electron chi connectivity index (χ0n) is 11.9. The molecule has 0 spiro atoms. The first-order valence-electron chi connectivity index (χ1n) is 5.77. The summed E-state index contributed by atoms with van der Waals surface area (Å²) in [6, 6.07) is 0. The van der Waals surface area contributed by atoms with Gasteiger partial charge in [0.1, 0.15) is 0 Å². The molecule has 0 saturated heterocycles. The van der Waals surface area contributed by atoms with Crippen LogP contribution in [0.5, 0.6) is 0 Å². The van der Waals surface area contributed by atoms with Crippen LogP contribution < -0.4 is 0 Å². The van der Waals surface area contributed by atoms with Gasteiger partial charge in [-0.05, 0) is 40.8 Å². The highest BCUT2D eigenvalue weighted by atomic mass is 28.4. The molecule has 0 radical (unpaired) electrons. The van der Waals surface area contributed by atoms with E-state index in [4.69, 9.17) is 21.7 Å². The summed E-state index contributed by atoms with van der Waals surface area (Å²) in [6.45, 7) is 12.9. The van der Waals surface area contributed by atoms with E-state index in [1.54, 1.807) is 0 Å². The zero-order valence-corrected chi connectivity index (χ0v) is 12.9. The lowest BCUT2D eigenvalue weighted by Crippen LogP contribution is -2.40. The van der Waals surface area contributed by atoms with Crippen molar-refractivity contribution in [1.82, 2.24) is 0 Å². The Morgan fingerprint density at radius 2 is 1.18 bits per heavy atom. The maximum absolute atomic E-state index is 5.83. The molecule has 96 valence electrons. The van der Waals surface area contributed by atoms with Crippen molar-refractivity contribution in [2.24, 2.45) is 10.8 Å². The maximum atomic E-state index is 5.83. The maximum Gasteiger partial charge on any atom is 0.331 e. The van der Waals surface area contributed by atoms with E-state index in [-0.39, 0.29) is 10.8 Å². The van der Waals surface area contributed by atoms with Crippen molar-refractivity contribution < 1.29 is 8.85 Å². The van der Waals surface area contributed by atoms with Gasteiger partial charge in [-0.3, -0.25) is 0 Å². The van der Waals surface area contributed by atoms with Crippen molar-refractivity contribution in [1.29, 1.82) is 0 Å². The smallest absolute Gasteiger partial charge is 0.331 e. The van der Waals surface area contributed by atoms with Crippen LogP contribution in [0, 0.1) is 35.5 Å². The van der Waals surface area contributed by atoms with E-state index in [9.17, 15) is 0 Å². The van der Waals surface area contributed by atoms with Crippen molar-refractivity contribution in [3.05, 3.63) is 0 Å². The van der Waals surface area contributed by atoms with Gasteiger partial charge in [0.05, 0.1) is 13.2 Å². The molecule has 0 aromatic rings. The van der Waals surface area contributed by atoms with E-state index >= 15 is 0 Å². The topological polar surface area (TPSA) is 18.5 Å². The molecule has 0 amide bonds. The second kappa shape index (κ2) is 5.73. The molecule has 0 aliphatic rings. The summed E-state index contributed by atoms with van der Waals surface area (Å²) in [4.78, 5) is 0. The zero-order chi connectivity index (χ0) is 13.7. The third kappa shape index (κ3) is 7.23. The van der Waals surface area contributed by atoms with Crippen LogP contribution >= 0.6 is 0 Å². The van der Waals surface area contributed by atoms with Crippen LogP contribution in [0.2, 0.25) is 13.1 Å². The molecule has 0 aromatic heterocycles. The lowest BCUT2D eigenvalue weighted by molar-refractivity contribution is 0.120. The third-order valence-electron chi connectivity index (χ3n) is 2.34. The Hall–Kier alpha value is -0.743. The second-order valence-electron chi connectivity index (χ2n) is 6.03. The van der Waals surface area contributed by atoms with E-state index in [1.807, 2.05) is 40.8 Å². The number of hydrogen-bond donors (Lipinski definition) is 0. The minimum absolute atomic E-state index is 0.255. The monoisotopic (exact) mass is 252 g/mol. The van der Waals surface area contributed by atoms with Gasteiger partial charge in [0.25, 0.3) is 0 Å². The molecule has 0 bridgehead atoms. The molecule has 2 nitrogen and oxygen atoms in total. The van der Waals surface area contributed by atoms with Crippen LogP contribution in [0.1, 0.15) is 27.7 Å². The molecule has 0 aliphatic heterocycles. The molecule has 0 unspecified atom stereocenters. The largest absolute Gasteiger partial charge is 0.393 e. The molecular weight excluding hydrogens is 228 g/mol. The summed E-state index contributed by atoms with van der Waals surface area (Å²) in [5.41, 5.74) is -0.509. The fraction of sp³-hybridized carbons (Fsp3) is 0.714. The van der Waals surface area contributed by atoms with Crippen LogP contribution in [-0.4, -0.2) is 21.8 Å². The highest BCUT2D eigenvalue weighted by Gasteiger charge is 2.30. The Morgan fingerprint density at radius 1 is 0.882 bits per heavy atom. The number of hydrogen-bond acceptors (Lipinski definition) is 2. The van der Waals surface area contributed by atoms with Crippen LogP contribution in [0.25, 0.3) is 0 Å². The van der Waals surface area contributed by atoms with E-state index in [1.165, 1.54) is 0 Å². The van der Waals surface area contributed by atoms with Crippen molar-refractivity contribution in [3.8, 4) is 24.7 Å². The lowest BCUT2D eigenvalue weighted by atomic mass is 9.97. The van der Waals surface area contributed by atoms with Gasteiger partial charge in [0, 0.05) is 10.8 Å². The Bertz CT molecular complexity index is 297. The van der Waals surface area contributed by atoms with Crippen LogP contribution in [0.15, 0.2) is 0 Å². The summed E-state index contributed by atoms with van der Waals surface area (Å²) in [7, 11) is -2.15. The molecule has 0 fully saturated rings. The van der Waals surface area contributed by atoms with Crippen LogP contribution in [-0.2, 0) is 8.85 Å². The van der Waals surface area contributed by atoms with Crippen molar-refractivity contribution in [3.63, 3.8) is 0 Å². The molecule has 0 rings (SSSR count). The standard InChI is InChI=1S/C14H24O2Si/c1-9-13(3,4)11-15-17(7,8)16-12-14(5,6)10-2/h1-2H,11-12H2,3-8H3. The van der Waals surface area contributed by atoms with Crippen molar-refractivity contribution >= 4 is 8.56 Å². The number of rotatable bonds is 6. The normalized spacial score (nSPS) is 12.9. The minimum atomic E-state index is -2.15. The molecule has 0 aromatic carbocycles. The fourth-order valence-corrected chi connectivity index (χ4v) is 2.33.